The Labute approximate surface area is 112 Å². The van der Waals surface area contributed by atoms with Crippen molar-refractivity contribution >= 4 is 11.7 Å². The number of benzene rings is 2. The molecule has 3 N–H and O–H groups in total. The fourth-order valence-corrected chi connectivity index (χ4v) is 1.50. The zero-order chi connectivity index (χ0) is 14.3. The Kier molecular flexibility index (Phi) is 5.41. The third-order valence-electron chi connectivity index (χ3n) is 2.31. The van der Waals surface area contributed by atoms with Gasteiger partial charge in [-0.05, 0) is 35.4 Å². The number of nitrogens with two attached hydrogens (primary N) is 1. The second-order valence-electron chi connectivity index (χ2n) is 3.87. The summed E-state index contributed by atoms with van der Waals surface area (Å²) in [6.45, 7) is 1.08. The highest BCUT2D eigenvalue weighted by Gasteiger charge is 1.98. The van der Waals surface area contributed by atoms with E-state index in [1.165, 1.54) is 0 Å². The van der Waals surface area contributed by atoms with Crippen molar-refractivity contribution in [3.8, 4) is 16.9 Å². The number of carbonyl (C=O) groups is 1. The van der Waals surface area contributed by atoms with E-state index in [0.29, 0.717) is 0 Å². The van der Waals surface area contributed by atoms with Crippen molar-refractivity contribution in [2.45, 2.75) is 6.92 Å². The number of rotatable bonds is 2. The predicted molar refractivity (Wildman–Crippen MR) is 76.2 cm³/mol. The van der Waals surface area contributed by atoms with Crippen LogP contribution < -0.4 is 10.5 Å². The average Bonchev–Trinajstić information content (AvgIpc) is 2.38. The van der Waals surface area contributed by atoms with Crippen LogP contribution in [0.15, 0.2) is 48.5 Å². The largest absolute Gasteiger partial charge is 0.497 e. The van der Waals surface area contributed by atoms with Gasteiger partial charge in [-0.2, -0.15) is 0 Å². The van der Waals surface area contributed by atoms with Crippen molar-refractivity contribution in [3.05, 3.63) is 48.5 Å². The number of hydrogen-bond acceptors (Lipinski definition) is 3. The van der Waals surface area contributed by atoms with Crippen molar-refractivity contribution in [2.75, 3.05) is 12.8 Å². The molecule has 0 aromatic heterocycles. The smallest absolute Gasteiger partial charge is 0.300 e. The van der Waals surface area contributed by atoms with Crippen molar-refractivity contribution in [3.63, 3.8) is 0 Å². The molecule has 0 aliphatic rings. The number of aliphatic carboxylic acids is 1. The maximum absolute atomic E-state index is 9.00. The van der Waals surface area contributed by atoms with Crippen LogP contribution >= 0.6 is 0 Å². The number of nitrogen functional groups attached to an aromatic ring is 1. The highest BCUT2D eigenvalue weighted by Crippen LogP contribution is 2.23. The lowest BCUT2D eigenvalue weighted by atomic mass is 10.1. The quantitative estimate of drug-likeness (QED) is 0.813. The van der Waals surface area contributed by atoms with E-state index in [0.717, 1.165) is 29.5 Å². The van der Waals surface area contributed by atoms with Gasteiger partial charge in [0, 0.05) is 12.6 Å². The van der Waals surface area contributed by atoms with Crippen molar-refractivity contribution in [1.82, 2.24) is 0 Å². The summed E-state index contributed by atoms with van der Waals surface area (Å²) < 4.78 is 5.10. The molecule has 0 unspecified atom stereocenters. The Morgan fingerprint density at radius 2 is 1.68 bits per heavy atom. The van der Waals surface area contributed by atoms with Gasteiger partial charge in [-0.3, -0.25) is 4.79 Å². The van der Waals surface area contributed by atoms with Crippen LogP contribution in [-0.4, -0.2) is 18.2 Å². The standard InChI is InChI=1S/C13H13NO.C2H4O2/c1-15-13-7-5-10(6-8-13)11-3-2-4-12(14)9-11;1-2(3)4/h2-9H,14H2,1H3;1H3,(H,3,4). The topological polar surface area (TPSA) is 72.5 Å². The van der Waals surface area contributed by atoms with E-state index < -0.39 is 5.97 Å². The molecule has 100 valence electrons. The average molecular weight is 259 g/mol. The summed E-state index contributed by atoms with van der Waals surface area (Å²) in [6.07, 6.45) is 0. The Hall–Kier alpha value is -2.49. The van der Waals surface area contributed by atoms with Gasteiger partial charge in [0.2, 0.25) is 0 Å². The van der Waals surface area contributed by atoms with Crippen LogP contribution in [0.1, 0.15) is 6.92 Å². The molecule has 2 aromatic rings. The Balaban J connectivity index is 0.000000399. The number of carboxylic acids is 1. The van der Waals surface area contributed by atoms with E-state index in [-0.39, 0.29) is 0 Å². The molecule has 0 amide bonds. The first-order valence-corrected chi connectivity index (χ1v) is 5.72. The molecular formula is C15H17NO3. The molecule has 0 aliphatic carbocycles. The second-order valence-corrected chi connectivity index (χ2v) is 3.87. The molecule has 4 heteroatoms. The van der Waals surface area contributed by atoms with Gasteiger partial charge in [0.1, 0.15) is 5.75 Å². The fourth-order valence-electron chi connectivity index (χ4n) is 1.50. The maximum atomic E-state index is 9.00. The summed E-state index contributed by atoms with van der Waals surface area (Å²) >= 11 is 0. The second kappa shape index (κ2) is 7.06. The molecule has 2 aromatic carbocycles. The lowest BCUT2D eigenvalue weighted by Gasteiger charge is -2.04. The zero-order valence-corrected chi connectivity index (χ0v) is 11.0. The van der Waals surface area contributed by atoms with Gasteiger partial charge in [-0.15, -0.1) is 0 Å². The van der Waals surface area contributed by atoms with Gasteiger partial charge in [0.05, 0.1) is 7.11 Å². The van der Waals surface area contributed by atoms with E-state index >= 15 is 0 Å². The molecule has 4 nitrogen and oxygen atoms in total. The van der Waals surface area contributed by atoms with E-state index in [1.54, 1.807) is 7.11 Å². The lowest BCUT2D eigenvalue weighted by molar-refractivity contribution is -0.134. The first kappa shape index (κ1) is 14.6. The third-order valence-corrected chi connectivity index (χ3v) is 2.31. The van der Waals surface area contributed by atoms with Gasteiger partial charge < -0.3 is 15.6 Å². The van der Waals surface area contributed by atoms with Crippen LogP contribution in [0.25, 0.3) is 11.1 Å². The summed E-state index contributed by atoms with van der Waals surface area (Å²) in [5, 5.41) is 7.42. The van der Waals surface area contributed by atoms with Crippen LogP contribution in [0.5, 0.6) is 5.75 Å². The van der Waals surface area contributed by atoms with E-state index in [9.17, 15) is 0 Å². The first-order valence-electron chi connectivity index (χ1n) is 5.72. The monoisotopic (exact) mass is 259 g/mol. The molecule has 0 radical (unpaired) electrons. The number of hydrogen-bond donors (Lipinski definition) is 2. The summed E-state index contributed by atoms with van der Waals surface area (Å²) in [5.74, 6) is 0.0302. The van der Waals surface area contributed by atoms with Crippen LogP contribution in [0.2, 0.25) is 0 Å². The van der Waals surface area contributed by atoms with Gasteiger partial charge >= 0.3 is 0 Å². The van der Waals surface area contributed by atoms with Crippen molar-refractivity contribution in [1.29, 1.82) is 0 Å². The van der Waals surface area contributed by atoms with E-state index in [1.807, 2.05) is 48.5 Å². The number of methoxy groups -OCH3 is 1. The highest BCUT2D eigenvalue weighted by atomic mass is 16.5. The molecule has 0 bridgehead atoms. The Morgan fingerprint density at radius 1 is 1.11 bits per heavy atom. The SMILES string of the molecule is CC(=O)O.COc1ccc(-c2cccc(N)c2)cc1. The molecule has 0 heterocycles. The molecule has 0 fully saturated rings. The number of carboxylic acid groups (broad SMARTS) is 1. The first-order chi connectivity index (χ1) is 9.02. The van der Waals surface area contributed by atoms with Crippen LogP contribution in [0.3, 0.4) is 0 Å². The minimum atomic E-state index is -0.833. The third kappa shape index (κ3) is 5.12. The summed E-state index contributed by atoms with van der Waals surface area (Å²) in [7, 11) is 1.66. The van der Waals surface area contributed by atoms with Crippen LogP contribution in [-0.2, 0) is 4.79 Å². The van der Waals surface area contributed by atoms with Gasteiger partial charge in [0.15, 0.2) is 0 Å². The van der Waals surface area contributed by atoms with Crippen LogP contribution in [0, 0.1) is 0 Å². The Bertz CT molecular complexity index is 531. The minimum absolute atomic E-state index is 0.781. The maximum Gasteiger partial charge on any atom is 0.300 e. The molecule has 0 spiro atoms. The summed E-state index contributed by atoms with van der Waals surface area (Å²) in [5.41, 5.74) is 8.77. The number of ether oxygens (including phenoxy) is 1. The molecule has 0 saturated heterocycles. The van der Waals surface area contributed by atoms with Gasteiger partial charge in [-0.1, -0.05) is 24.3 Å². The predicted octanol–water partition coefficient (Wildman–Crippen LogP) is 3.04. The van der Waals surface area contributed by atoms with Crippen LogP contribution in [0.4, 0.5) is 5.69 Å². The molecular weight excluding hydrogens is 242 g/mol. The zero-order valence-electron chi connectivity index (χ0n) is 11.0. The Morgan fingerprint density at radius 3 is 2.16 bits per heavy atom. The molecule has 0 saturated carbocycles. The van der Waals surface area contributed by atoms with Gasteiger partial charge in [-0.25, -0.2) is 0 Å². The van der Waals surface area contributed by atoms with Gasteiger partial charge in [0.25, 0.3) is 5.97 Å². The molecule has 0 atom stereocenters. The van der Waals surface area contributed by atoms with E-state index in [4.69, 9.17) is 20.4 Å². The summed E-state index contributed by atoms with van der Waals surface area (Å²) in [6, 6.07) is 15.8. The van der Waals surface area contributed by atoms with E-state index in [2.05, 4.69) is 0 Å². The highest BCUT2D eigenvalue weighted by molar-refractivity contribution is 5.67. The number of anilines is 1. The van der Waals surface area contributed by atoms with Crippen molar-refractivity contribution in [2.24, 2.45) is 0 Å². The molecule has 19 heavy (non-hydrogen) atoms. The molecule has 0 aliphatic heterocycles. The lowest BCUT2D eigenvalue weighted by Crippen LogP contribution is -1.85. The summed E-state index contributed by atoms with van der Waals surface area (Å²) in [4.78, 5) is 9.00. The fraction of sp³-hybridized carbons (Fsp3) is 0.133. The minimum Gasteiger partial charge on any atom is -0.497 e. The van der Waals surface area contributed by atoms with Crippen molar-refractivity contribution < 1.29 is 14.6 Å². The molecule has 2 rings (SSSR count). The normalized spacial score (nSPS) is 9.16.